The molecule has 17 heavy (non-hydrogen) atoms. The summed E-state index contributed by atoms with van der Waals surface area (Å²) in [6, 6.07) is 5.37. The van der Waals surface area contributed by atoms with Crippen LogP contribution in [0.4, 0.5) is 10.1 Å². The van der Waals surface area contributed by atoms with Crippen molar-refractivity contribution < 1.29 is 4.39 Å². The maximum atomic E-state index is 13.7. The number of anilines is 1. The summed E-state index contributed by atoms with van der Waals surface area (Å²) >= 11 is 5.76. The van der Waals surface area contributed by atoms with Gasteiger partial charge < -0.3 is 5.32 Å². The van der Waals surface area contributed by atoms with Crippen LogP contribution in [0.25, 0.3) is 0 Å². The van der Waals surface area contributed by atoms with Crippen LogP contribution in [0.5, 0.6) is 0 Å². The van der Waals surface area contributed by atoms with Crippen LogP contribution in [-0.2, 0) is 0 Å². The van der Waals surface area contributed by atoms with Gasteiger partial charge in [0.05, 0.1) is 10.7 Å². The van der Waals surface area contributed by atoms with E-state index in [9.17, 15) is 4.39 Å². The first-order valence-corrected chi connectivity index (χ1v) is 6.66. The lowest BCUT2D eigenvalue weighted by Crippen LogP contribution is -2.21. The molecule has 1 nitrogen and oxygen atoms in total. The molecule has 0 aliphatic heterocycles. The summed E-state index contributed by atoms with van der Waals surface area (Å²) in [5, 5.41) is 3.42. The molecular formula is C14H21ClFN. The van der Waals surface area contributed by atoms with Crippen molar-refractivity contribution in [2.24, 2.45) is 5.92 Å². The molecule has 0 aliphatic carbocycles. The molecule has 0 saturated heterocycles. The van der Waals surface area contributed by atoms with Gasteiger partial charge in [-0.2, -0.15) is 0 Å². The highest BCUT2D eigenvalue weighted by Gasteiger charge is 2.13. The van der Waals surface area contributed by atoms with Crippen molar-refractivity contribution in [3.8, 4) is 0 Å². The quantitative estimate of drug-likeness (QED) is 0.747. The van der Waals surface area contributed by atoms with E-state index in [0.29, 0.717) is 17.6 Å². The molecule has 0 aliphatic rings. The van der Waals surface area contributed by atoms with E-state index in [1.807, 2.05) is 0 Å². The predicted molar refractivity (Wildman–Crippen MR) is 73.2 cm³/mol. The molecule has 1 aromatic carbocycles. The average Bonchev–Trinajstić information content (AvgIpc) is 2.33. The van der Waals surface area contributed by atoms with Gasteiger partial charge in [-0.1, -0.05) is 44.9 Å². The van der Waals surface area contributed by atoms with Crippen LogP contribution in [0.1, 0.15) is 40.0 Å². The molecule has 0 saturated carbocycles. The zero-order valence-electron chi connectivity index (χ0n) is 10.8. The topological polar surface area (TPSA) is 12.0 Å². The van der Waals surface area contributed by atoms with Gasteiger partial charge in [-0.25, -0.2) is 4.39 Å². The first-order chi connectivity index (χ1) is 8.08. The summed E-state index contributed by atoms with van der Waals surface area (Å²) < 4.78 is 13.7. The fourth-order valence-corrected chi connectivity index (χ4v) is 1.99. The van der Waals surface area contributed by atoms with Crippen molar-refractivity contribution in [1.82, 2.24) is 0 Å². The van der Waals surface area contributed by atoms with Gasteiger partial charge in [-0.3, -0.25) is 0 Å². The largest absolute Gasteiger partial charge is 0.380 e. The lowest BCUT2D eigenvalue weighted by atomic mass is 9.97. The van der Waals surface area contributed by atoms with Crippen molar-refractivity contribution in [3.05, 3.63) is 29.0 Å². The standard InChI is InChI=1S/C14H21ClFN/c1-4-10(3)9-11(5-2)17-13-8-6-7-12(15)14(13)16/h6-8,10-11,17H,4-5,9H2,1-3H3. The molecule has 0 aromatic heterocycles. The number of nitrogens with one attached hydrogen (secondary N) is 1. The van der Waals surface area contributed by atoms with Gasteiger partial charge in [0.1, 0.15) is 0 Å². The average molecular weight is 258 g/mol. The van der Waals surface area contributed by atoms with E-state index in [-0.39, 0.29) is 10.8 Å². The van der Waals surface area contributed by atoms with Gasteiger partial charge >= 0.3 is 0 Å². The summed E-state index contributed by atoms with van der Waals surface area (Å²) in [5.41, 5.74) is 0.507. The Morgan fingerprint density at radius 2 is 2.00 bits per heavy atom. The number of benzene rings is 1. The molecule has 1 rings (SSSR count). The lowest BCUT2D eigenvalue weighted by Gasteiger charge is -2.21. The third-order valence-electron chi connectivity index (χ3n) is 3.19. The van der Waals surface area contributed by atoms with E-state index in [4.69, 9.17) is 11.6 Å². The van der Waals surface area contributed by atoms with Gasteiger partial charge in [-0.05, 0) is 30.9 Å². The van der Waals surface area contributed by atoms with E-state index in [1.165, 1.54) is 0 Å². The molecule has 0 spiro atoms. The second-order valence-corrected chi connectivity index (χ2v) is 5.01. The predicted octanol–water partition coefficient (Wildman–Crippen LogP) is 5.11. The van der Waals surface area contributed by atoms with E-state index in [0.717, 1.165) is 19.3 Å². The summed E-state index contributed by atoms with van der Waals surface area (Å²) in [6.45, 7) is 6.51. The number of rotatable bonds is 6. The van der Waals surface area contributed by atoms with Crippen molar-refractivity contribution in [3.63, 3.8) is 0 Å². The summed E-state index contributed by atoms with van der Waals surface area (Å²) in [5.74, 6) is 0.298. The molecule has 3 heteroatoms. The maximum absolute atomic E-state index is 13.7. The zero-order valence-corrected chi connectivity index (χ0v) is 11.5. The second-order valence-electron chi connectivity index (χ2n) is 4.60. The van der Waals surface area contributed by atoms with Gasteiger partial charge in [-0.15, -0.1) is 0 Å². The monoisotopic (exact) mass is 257 g/mol. The Hall–Kier alpha value is -0.760. The molecule has 0 radical (unpaired) electrons. The summed E-state index contributed by atoms with van der Waals surface area (Å²) in [6.07, 6.45) is 3.19. The molecule has 2 atom stereocenters. The number of hydrogen-bond acceptors (Lipinski definition) is 1. The Kier molecular flexibility index (Phi) is 5.76. The molecule has 2 unspecified atom stereocenters. The highest BCUT2D eigenvalue weighted by atomic mass is 35.5. The molecular weight excluding hydrogens is 237 g/mol. The van der Waals surface area contributed by atoms with Gasteiger partial charge in [0.25, 0.3) is 0 Å². The highest BCUT2D eigenvalue weighted by molar-refractivity contribution is 6.31. The lowest BCUT2D eigenvalue weighted by molar-refractivity contribution is 0.460. The van der Waals surface area contributed by atoms with Crippen LogP contribution in [-0.4, -0.2) is 6.04 Å². The van der Waals surface area contributed by atoms with E-state index in [2.05, 4.69) is 26.1 Å². The third kappa shape index (κ3) is 4.19. The summed E-state index contributed by atoms with van der Waals surface area (Å²) in [7, 11) is 0. The third-order valence-corrected chi connectivity index (χ3v) is 3.48. The van der Waals surface area contributed by atoms with Gasteiger partial charge in [0, 0.05) is 6.04 Å². The van der Waals surface area contributed by atoms with Crippen LogP contribution >= 0.6 is 11.6 Å². The smallest absolute Gasteiger partial charge is 0.164 e. The van der Waals surface area contributed by atoms with Crippen LogP contribution in [0.15, 0.2) is 18.2 Å². The first-order valence-electron chi connectivity index (χ1n) is 6.29. The van der Waals surface area contributed by atoms with Crippen LogP contribution in [0, 0.1) is 11.7 Å². The minimum Gasteiger partial charge on any atom is -0.380 e. The van der Waals surface area contributed by atoms with E-state index in [1.54, 1.807) is 18.2 Å². The SMILES string of the molecule is CCC(C)CC(CC)Nc1cccc(Cl)c1F. The minimum atomic E-state index is -0.350. The number of hydrogen-bond donors (Lipinski definition) is 1. The Bertz CT molecular complexity index is 354. The number of halogens is 2. The Labute approximate surface area is 108 Å². The highest BCUT2D eigenvalue weighted by Crippen LogP contribution is 2.24. The van der Waals surface area contributed by atoms with Gasteiger partial charge in [0.2, 0.25) is 0 Å². The summed E-state index contributed by atoms with van der Waals surface area (Å²) in [4.78, 5) is 0. The molecule has 1 aromatic rings. The van der Waals surface area contributed by atoms with Crippen molar-refractivity contribution in [2.45, 2.75) is 46.1 Å². The molecule has 0 heterocycles. The molecule has 0 bridgehead atoms. The van der Waals surface area contributed by atoms with Crippen molar-refractivity contribution in [1.29, 1.82) is 0 Å². The van der Waals surface area contributed by atoms with Crippen molar-refractivity contribution >= 4 is 17.3 Å². The van der Waals surface area contributed by atoms with Gasteiger partial charge in [0.15, 0.2) is 5.82 Å². The zero-order chi connectivity index (χ0) is 12.8. The Morgan fingerprint density at radius 1 is 1.29 bits per heavy atom. The first kappa shape index (κ1) is 14.3. The fraction of sp³-hybridized carbons (Fsp3) is 0.571. The second kappa shape index (κ2) is 6.85. The Morgan fingerprint density at radius 3 is 2.59 bits per heavy atom. The Balaban J connectivity index is 2.70. The molecule has 0 amide bonds. The molecule has 96 valence electrons. The van der Waals surface area contributed by atoms with Crippen LogP contribution < -0.4 is 5.32 Å². The minimum absolute atomic E-state index is 0.174. The maximum Gasteiger partial charge on any atom is 0.164 e. The van der Waals surface area contributed by atoms with E-state index < -0.39 is 0 Å². The molecule has 0 fully saturated rings. The normalized spacial score (nSPS) is 14.4. The van der Waals surface area contributed by atoms with E-state index >= 15 is 0 Å². The fourth-order valence-electron chi connectivity index (χ4n) is 1.82. The van der Waals surface area contributed by atoms with Crippen LogP contribution in [0.3, 0.4) is 0 Å². The van der Waals surface area contributed by atoms with Crippen LogP contribution in [0.2, 0.25) is 5.02 Å². The molecule has 1 N–H and O–H groups in total. The van der Waals surface area contributed by atoms with Crippen molar-refractivity contribution in [2.75, 3.05) is 5.32 Å².